The Bertz CT molecular complexity index is 328. The lowest BCUT2D eigenvalue weighted by molar-refractivity contribution is 0.199. The molecule has 0 heterocycles. The molecule has 1 aromatic rings. The third-order valence-electron chi connectivity index (χ3n) is 2.73. The minimum atomic E-state index is 0.796. The van der Waals surface area contributed by atoms with Gasteiger partial charge in [0.05, 0.1) is 6.61 Å². The molecule has 17 heavy (non-hydrogen) atoms. The topological polar surface area (TPSA) is 21.3 Å². The van der Waals surface area contributed by atoms with Gasteiger partial charge in [-0.3, -0.25) is 0 Å². The molecule has 0 aliphatic rings. The first kappa shape index (κ1) is 14.6. The molecule has 0 radical (unpaired) electrons. The quantitative estimate of drug-likeness (QED) is 0.568. The highest BCUT2D eigenvalue weighted by molar-refractivity contribution is 7.99. The van der Waals surface area contributed by atoms with E-state index in [1.807, 2.05) is 11.8 Å². The Kier molecular flexibility index (Phi) is 7.33. The van der Waals surface area contributed by atoms with Crippen LogP contribution < -0.4 is 5.32 Å². The van der Waals surface area contributed by atoms with Crippen molar-refractivity contribution in [1.82, 2.24) is 5.32 Å². The highest BCUT2D eigenvalue weighted by Gasteiger charge is 1.97. The molecule has 0 bridgehead atoms. The van der Waals surface area contributed by atoms with E-state index in [1.54, 1.807) is 7.11 Å². The van der Waals surface area contributed by atoms with Crippen molar-refractivity contribution in [3.63, 3.8) is 0 Å². The Balaban J connectivity index is 2.11. The Hall–Kier alpha value is -0.510. The van der Waals surface area contributed by atoms with E-state index in [0.717, 1.165) is 19.7 Å². The number of nitrogens with one attached hydrogen (secondary N) is 1. The lowest BCUT2D eigenvalue weighted by Crippen LogP contribution is -2.20. The van der Waals surface area contributed by atoms with E-state index in [0.29, 0.717) is 0 Å². The van der Waals surface area contributed by atoms with Crippen LogP contribution in [0.1, 0.15) is 17.5 Å². The summed E-state index contributed by atoms with van der Waals surface area (Å²) < 4.78 is 4.97. The largest absolute Gasteiger partial charge is 0.383 e. The molecule has 0 unspecified atom stereocenters. The predicted octanol–water partition coefficient (Wildman–Crippen LogP) is 3.02. The average Bonchev–Trinajstić information content (AvgIpc) is 2.32. The van der Waals surface area contributed by atoms with Crippen LogP contribution in [-0.4, -0.2) is 32.6 Å². The van der Waals surface area contributed by atoms with Crippen LogP contribution in [0.25, 0.3) is 0 Å². The zero-order valence-electron chi connectivity index (χ0n) is 11.1. The lowest BCUT2D eigenvalue weighted by atomic mass is 10.1. The standard InChI is InChI=1S/C14H23NOS/c1-12-5-6-14(11-13(12)2)17-10-4-7-15-8-9-16-3/h5-6,11,15H,4,7-10H2,1-3H3. The number of aryl methyl sites for hydroxylation is 2. The molecule has 0 aliphatic heterocycles. The van der Waals surface area contributed by atoms with Crippen molar-refractivity contribution in [2.75, 3.05) is 32.6 Å². The molecule has 1 rings (SSSR count). The maximum atomic E-state index is 4.97. The molecule has 0 aromatic heterocycles. The van der Waals surface area contributed by atoms with Crippen LogP contribution in [0, 0.1) is 13.8 Å². The van der Waals surface area contributed by atoms with Crippen LogP contribution in [0.5, 0.6) is 0 Å². The Labute approximate surface area is 109 Å². The van der Waals surface area contributed by atoms with E-state index < -0.39 is 0 Å². The number of ether oxygens (including phenoxy) is 1. The first-order chi connectivity index (χ1) is 8.24. The first-order valence-corrected chi connectivity index (χ1v) is 7.12. The molecule has 0 saturated carbocycles. The van der Waals surface area contributed by atoms with E-state index >= 15 is 0 Å². The van der Waals surface area contributed by atoms with Crippen molar-refractivity contribution >= 4 is 11.8 Å². The second-order valence-electron chi connectivity index (χ2n) is 4.19. The highest BCUT2D eigenvalue weighted by Crippen LogP contribution is 2.21. The number of thioether (sulfide) groups is 1. The van der Waals surface area contributed by atoms with Crippen molar-refractivity contribution in [1.29, 1.82) is 0 Å². The third-order valence-corrected chi connectivity index (χ3v) is 3.81. The van der Waals surface area contributed by atoms with Gasteiger partial charge in [-0.2, -0.15) is 0 Å². The molecular formula is C14H23NOS. The summed E-state index contributed by atoms with van der Waals surface area (Å²) in [5, 5.41) is 3.35. The fourth-order valence-corrected chi connectivity index (χ4v) is 2.44. The number of rotatable bonds is 8. The van der Waals surface area contributed by atoms with Gasteiger partial charge in [-0.05, 0) is 55.8 Å². The van der Waals surface area contributed by atoms with Crippen molar-refractivity contribution < 1.29 is 4.74 Å². The summed E-state index contributed by atoms with van der Waals surface area (Å²) in [5.41, 5.74) is 2.75. The molecule has 0 amide bonds. The maximum absolute atomic E-state index is 4.97. The molecule has 0 spiro atoms. The summed E-state index contributed by atoms with van der Waals surface area (Å²) in [7, 11) is 1.73. The summed E-state index contributed by atoms with van der Waals surface area (Å²) in [4.78, 5) is 1.38. The summed E-state index contributed by atoms with van der Waals surface area (Å²) in [6.45, 7) is 7.14. The van der Waals surface area contributed by atoms with Crippen LogP contribution >= 0.6 is 11.8 Å². The molecule has 1 N–H and O–H groups in total. The van der Waals surface area contributed by atoms with Crippen molar-refractivity contribution in [3.05, 3.63) is 29.3 Å². The fraction of sp³-hybridized carbons (Fsp3) is 0.571. The lowest BCUT2D eigenvalue weighted by Gasteiger charge is -2.06. The molecule has 3 heteroatoms. The summed E-state index contributed by atoms with van der Waals surface area (Å²) in [6.07, 6.45) is 1.20. The first-order valence-electron chi connectivity index (χ1n) is 6.13. The van der Waals surface area contributed by atoms with Gasteiger partial charge in [0.1, 0.15) is 0 Å². The second-order valence-corrected chi connectivity index (χ2v) is 5.36. The molecule has 0 aliphatic carbocycles. The fourth-order valence-electron chi connectivity index (χ4n) is 1.49. The summed E-state index contributed by atoms with van der Waals surface area (Å²) >= 11 is 1.94. The normalized spacial score (nSPS) is 10.8. The van der Waals surface area contributed by atoms with Crippen molar-refractivity contribution in [2.24, 2.45) is 0 Å². The van der Waals surface area contributed by atoms with Crippen LogP contribution in [0.2, 0.25) is 0 Å². The van der Waals surface area contributed by atoms with Crippen molar-refractivity contribution in [2.45, 2.75) is 25.2 Å². The molecule has 0 fully saturated rings. The van der Waals surface area contributed by atoms with Gasteiger partial charge in [0.2, 0.25) is 0 Å². The highest BCUT2D eigenvalue weighted by atomic mass is 32.2. The van der Waals surface area contributed by atoms with E-state index in [-0.39, 0.29) is 0 Å². The SMILES string of the molecule is COCCNCCCSc1ccc(C)c(C)c1. The van der Waals surface area contributed by atoms with Gasteiger partial charge in [0.25, 0.3) is 0 Å². The van der Waals surface area contributed by atoms with E-state index in [1.165, 1.54) is 28.2 Å². The minimum Gasteiger partial charge on any atom is -0.383 e. The molecular weight excluding hydrogens is 230 g/mol. The number of hydrogen-bond acceptors (Lipinski definition) is 3. The monoisotopic (exact) mass is 253 g/mol. The smallest absolute Gasteiger partial charge is 0.0587 e. The minimum absolute atomic E-state index is 0.796. The Morgan fingerprint density at radius 1 is 1.18 bits per heavy atom. The van der Waals surface area contributed by atoms with Gasteiger partial charge in [-0.15, -0.1) is 11.8 Å². The predicted molar refractivity (Wildman–Crippen MR) is 76.0 cm³/mol. The zero-order chi connectivity index (χ0) is 12.5. The Morgan fingerprint density at radius 2 is 2.00 bits per heavy atom. The number of benzene rings is 1. The number of hydrogen-bond donors (Lipinski definition) is 1. The van der Waals surface area contributed by atoms with E-state index in [9.17, 15) is 0 Å². The zero-order valence-corrected chi connectivity index (χ0v) is 11.9. The molecule has 96 valence electrons. The third kappa shape index (κ3) is 6.10. The van der Waals surface area contributed by atoms with Crippen LogP contribution in [0.4, 0.5) is 0 Å². The van der Waals surface area contributed by atoms with Gasteiger partial charge in [-0.25, -0.2) is 0 Å². The molecule has 1 aromatic carbocycles. The average molecular weight is 253 g/mol. The van der Waals surface area contributed by atoms with Crippen LogP contribution in [-0.2, 0) is 4.74 Å². The van der Waals surface area contributed by atoms with Crippen molar-refractivity contribution in [3.8, 4) is 0 Å². The van der Waals surface area contributed by atoms with Crippen LogP contribution in [0.15, 0.2) is 23.1 Å². The van der Waals surface area contributed by atoms with Crippen LogP contribution in [0.3, 0.4) is 0 Å². The van der Waals surface area contributed by atoms with Gasteiger partial charge >= 0.3 is 0 Å². The van der Waals surface area contributed by atoms with E-state index in [2.05, 4.69) is 37.4 Å². The molecule has 0 saturated heterocycles. The maximum Gasteiger partial charge on any atom is 0.0587 e. The summed E-state index contributed by atoms with van der Waals surface area (Å²) in [6, 6.07) is 6.69. The van der Waals surface area contributed by atoms with Gasteiger partial charge < -0.3 is 10.1 Å². The molecule has 0 atom stereocenters. The molecule has 2 nitrogen and oxygen atoms in total. The summed E-state index contributed by atoms with van der Waals surface area (Å²) in [5.74, 6) is 1.17. The van der Waals surface area contributed by atoms with Gasteiger partial charge in [0, 0.05) is 18.6 Å². The Morgan fingerprint density at radius 3 is 2.71 bits per heavy atom. The van der Waals surface area contributed by atoms with Gasteiger partial charge in [-0.1, -0.05) is 6.07 Å². The van der Waals surface area contributed by atoms with Gasteiger partial charge in [0.15, 0.2) is 0 Å². The number of methoxy groups -OCH3 is 1. The second kappa shape index (κ2) is 8.56. The van der Waals surface area contributed by atoms with E-state index in [4.69, 9.17) is 4.74 Å².